The topological polar surface area (TPSA) is 63.4 Å². The Balaban J connectivity index is 2.79. The quantitative estimate of drug-likeness (QED) is 0.839. The van der Waals surface area contributed by atoms with Crippen LogP contribution in [-0.2, 0) is 15.6 Å². The van der Waals surface area contributed by atoms with Gasteiger partial charge < -0.3 is 10.6 Å². The zero-order valence-corrected chi connectivity index (χ0v) is 12.9. The first-order valence-corrected chi connectivity index (χ1v) is 7.82. The van der Waals surface area contributed by atoms with E-state index in [4.69, 9.17) is 5.73 Å². The van der Waals surface area contributed by atoms with Crippen LogP contribution in [-0.4, -0.2) is 33.9 Å². The summed E-state index contributed by atoms with van der Waals surface area (Å²) in [4.78, 5) is 14.0. The Kier molecular flexibility index (Phi) is 5.81. The Hall–Kier alpha value is -0.880. The van der Waals surface area contributed by atoms with Gasteiger partial charge in [0.15, 0.2) is 0 Å². The maximum absolute atomic E-state index is 12.1. The van der Waals surface area contributed by atoms with Crippen molar-refractivity contribution in [2.75, 3.05) is 24.6 Å². The molecule has 100 valence electrons. The van der Waals surface area contributed by atoms with Crippen molar-refractivity contribution in [3.63, 3.8) is 0 Å². The first-order chi connectivity index (χ1) is 8.49. The minimum absolute atomic E-state index is 0.0203. The molecule has 0 aliphatic heterocycles. The molecule has 4 nitrogen and oxygen atoms in total. The smallest absolute Gasteiger partial charge is 0.235 e. The monoisotopic (exact) mass is 332 g/mol. The van der Waals surface area contributed by atoms with Crippen molar-refractivity contribution in [3.8, 4) is 0 Å². The second-order valence-electron chi connectivity index (χ2n) is 3.74. The summed E-state index contributed by atoms with van der Waals surface area (Å²) in [5.74, 6) is -0.131. The van der Waals surface area contributed by atoms with Gasteiger partial charge in [-0.15, -0.1) is 0 Å². The maximum atomic E-state index is 12.1. The molecule has 18 heavy (non-hydrogen) atoms. The zero-order chi connectivity index (χ0) is 13.7. The molecule has 1 atom stereocenters. The Labute approximate surface area is 118 Å². The molecule has 0 heterocycles. The minimum atomic E-state index is -1.39. The predicted octanol–water partition coefficient (Wildman–Crippen LogP) is 2.01. The van der Waals surface area contributed by atoms with E-state index in [1.807, 2.05) is 13.8 Å². The van der Waals surface area contributed by atoms with E-state index in [1.165, 1.54) is 0 Å². The highest BCUT2D eigenvalue weighted by Crippen LogP contribution is 2.21. The van der Waals surface area contributed by atoms with Gasteiger partial charge in [0, 0.05) is 23.2 Å². The second kappa shape index (κ2) is 6.89. The van der Waals surface area contributed by atoms with Crippen LogP contribution < -0.4 is 5.73 Å². The average Bonchev–Trinajstić information content (AvgIpc) is 2.30. The van der Waals surface area contributed by atoms with E-state index in [1.54, 1.807) is 23.1 Å². The molecule has 0 aromatic heterocycles. The van der Waals surface area contributed by atoms with E-state index in [-0.39, 0.29) is 11.7 Å². The second-order valence-corrected chi connectivity index (χ2v) is 6.07. The van der Waals surface area contributed by atoms with E-state index in [9.17, 15) is 9.00 Å². The van der Waals surface area contributed by atoms with Crippen molar-refractivity contribution in [1.82, 2.24) is 4.90 Å². The first-order valence-electron chi connectivity index (χ1n) is 5.70. The number of carbonyl (C=O) groups excluding carboxylic acids is 1. The zero-order valence-electron chi connectivity index (χ0n) is 10.5. The van der Waals surface area contributed by atoms with Gasteiger partial charge in [-0.2, -0.15) is 0 Å². The van der Waals surface area contributed by atoms with Crippen LogP contribution in [0.15, 0.2) is 27.6 Å². The van der Waals surface area contributed by atoms with Crippen molar-refractivity contribution < 1.29 is 9.00 Å². The third-order valence-corrected chi connectivity index (χ3v) is 4.45. The van der Waals surface area contributed by atoms with Crippen LogP contribution in [0.25, 0.3) is 0 Å². The normalized spacial score (nSPS) is 12.2. The third kappa shape index (κ3) is 3.81. The highest BCUT2D eigenvalue weighted by atomic mass is 79.9. The molecule has 0 bridgehead atoms. The van der Waals surface area contributed by atoms with Gasteiger partial charge in [0.05, 0.1) is 15.7 Å². The Morgan fingerprint density at radius 2 is 2.00 bits per heavy atom. The van der Waals surface area contributed by atoms with Crippen LogP contribution in [0.3, 0.4) is 0 Å². The Morgan fingerprint density at radius 1 is 1.39 bits per heavy atom. The molecule has 1 aromatic rings. The number of hydrogen-bond acceptors (Lipinski definition) is 3. The molecular weight excluding hydrogens is 316 g/mol. The van der Waals surface area contributed by atoms with Gasteiger partial charge in [0.25, 0.3) is 0 Å². The summed E-state index contributed by atoms with van der Waals surface area (Å²) in [7, 11) is -1.39. The van der Waals surface area contributed by atoms with Crippen LogP contribution in [0.2, 0.25) is 0 Å². The van der Waals surface area contributed by atoms with E-state index >= 15 is 0 Å². The molecule has 0 radical (unpaired) electrons. The van der Waals surface area contributed by atoms with Gasteiger partial charge in [0.2, 0.25) is 5.91 Å². The lowest BCUT2D eigenvalue weighted by molar-refractivity contribution is -0.128. The number of rotatable bonds is 5. The summed E-state index contributed by atoms with van der Waals surface area (Å²) in [6.07, 6.45) is 0. The van der Waals surface area contributed by atoms with E-state index in [2.05, 4.69) is 15.9 Å². The van der Waals surface area contributed by atoms with E-state index in [0.29, 0.717) is 23.7 Å². The maximum Gasteiger partial charge on any atom is 0.235 e. The van der Waals surface area contributed by atoms with E-state index < -0.39 is 10.8 Å². The van der Waals surface area contributed by atoms with Gasteiger partial charge in [-0.05, 0) is 32.0 Å². The van der Waals surface area contributed by atoms with Gasteiger partial charge in [0.1, 0.15) is 5.75 Å². The highest BCUT2D eigenvalue weighted by Gasteiger charge is 2.16. The summed E-state index contributed by atoms with van der Waals surface area (Å²) in [5.41, 5.74) is 6.23. The summed E-state index contributed by atoms with van der Waals surface area (Å²) in [6, 6.07) is 5.14. The number of anilines is 1. The lowest BCUT2D eigenvalue weighted by atomic mass is 10.3. The molecule has 0 aliphatic carbocycles. The molecule has 0 fully saturated rings. The van der Waals surface area contributed by atoms with E-state index in [0.717, 1.165) is 4.47 Å². The van der Waals surface area contributed by atoms with Gasteiger partial charge in [-0.25, -0.2) is 0 Å². The number of benzene rings is 1. The average molecular weight is 333 g/mol. The number of halogens is 1. The Bertz CT molecular complexity index is 461. The van der Waals surface area contributed by atoms with Crippen LogP contribution in [0, 0.1) is 0 Å². The van der Waals surface area contributed by atoms with Crippen molar-refractivity contribution >= 4 is 38.3 Å². The molecule has 6 heteroatoms. The minimum Gasteiger partial charge on any atom is -0.398 e. The van der Waals surface area contributed by atoms with Crippen molar-refractivity contribution in [3.05, 3.63) is 22.7 Å². The van der Waals surface area contributed by atoms with Crippen LogP contribution in [0.4, 0.5) is 5.69 Å². The van der Waals surface area contributed by atoms with Gasteiger partial charge >= 0.3 is 0 Å². The molecule has 0 spiro atoms. The fraction of sp³-hybridized carbons (Fsp3) is 0.417. The number of carbonyl (C=O) groups is 1. The number of hydrogen-bond donors (Lipinski definition) is 1. The Morgan fingerprint density at radius 3 is 2.50 bits per heavy atom. The molecule has 0 aliphatic rings. The summed E-state index contributed by atoms with van der Waals surface area (Å²) >= 11 is 3.29. The lowest BCUT2D eigenvalue weighted by Crippen LogP contribution is -2.34. The SMILES string of the molecule is CCN(CC)C(=O)CS(=O)c1ccc(Br)cc1N. The molecular formula is C12H17BrN2O2S. The van der Waals surface area contributed by atoms with Crippen LogP contribution in [0.1, 0.15) is 13.8 Å². The molecule has 2 N–H and O–H groups in total. The molecule has 1 unspecified atom stereocenters. The molecule has 1 rings (SSSR count). The lowest BCUT2D eigenvalue weighted by Gasteiger charge is -2.18. The third-order valence-electron chi connectivity index (χ3n) is 2.59. The highest BCUT2D eigenvalue weighted by molar-refractivity contribution is 9.10. The summed E-state index contributed by atoms with van der Waals surface area (Å²) < 4.78 is 12.9. The fourth-order valence-corrected chi connectivity index (χ4v) is 3.07. The summed E-state index contributed by atoms with van der Waals surface area (Å²) in [6.45, 7) is 5.06. The fourth-order valence-electron chi connectivity index (χ4n) is 1.58. The number of amides is 1. The molecule has 1 amide bonds. The van der Waals surface area contributed by atoms with Crippen LogP contribution >= 0.6 is 15.9 Å². The number of nitrogen functional groups attached to an aromatic ring is 1. The molecule has 0 saturated carbocycles. The van der Waals surface area contributed by atoms with Crippen molar-refractivity contribution in [1.29, 1.82) is 0 Å². The standard InChI is InChI=1S/C12H17BrN2O2S/c1-3-15(4-2)12(16)8-18(17)11-6-5-9(13)7-10(11)14/h5-7H,3-4,8,14H2,1-2H3. The summed E-state index contributed by atoms with van der Waals surface area (Å²) in [5, 5.41) is 0. The molecule has 0 saturated heterocycles. The van der Waals surface area contributed by atoms with Crippen molar-refractivity contribution in [2.24, 2.45) is 0 Å². The first kappa shape index (κ1) is 15.2. The largest absolute Gasteiger partial charge is 0.398 e. The van der Waals surface area contributed by atoms with Crippen LogP contribution in [0.5, 0.6) is 0 Å². The molecule has 1 aromatic carbocycles. The predicted molar refractivity (Wildman–Crippen MR) is 77.8 cm³/mol. The number of nitrogens with zero attached hydrogens (tertiary/aromatic N) is 1. The van der Waals surface area contributed by atoms with Gasteiger partial charge in [-0.3, -0.25) is 9.00 Å². The number of nitrogens with two attached hydrogens (primary N) is 1. The van der Waals surface area contributed by atoms with Crippen molar-refractivity contribution in [2.45, 2.75) is 18.7 Å². The van der Waals surface area contributed by atoms with Gasteiger partial charge in [-0.1, -0.05) is 15.9 Å².